The molecule has 19 heavy (non-hydrogen) atoms. The molecule has 2 aromatic rings. The lowest BCUT2D eigenvalue weighted by Gasteiger charge is -2.19. The first-order valence-electron chi connectivity index (χ1n) is 6.49. The van der Waals surface area contributed by atoms with Crippen LogP contribution in [0.1, 0.15) is 26.6 Å². The van der Waals surface area contributed by atoms with Gasteiger partial charge in [0.15, 0.2) is 0 Å². The van der Waals surface area contributed by atoms with Crippen LogP contribution in [-0.4, -0.2) is 22.1 Å². The first-order chi connectivity index (χ1) is 8.94. The van der Waals surface area contributed by atoms with Crippen molar-refractivity contribution in [2.24, 2.45) is 0 Å². The minimum absolute atomic E-state index is 0.141. The van der Waals surface area contributed by atoms with Crippen LogP contribution in [0.5, 0.6) is 0 Å². The van der Waals surface area contributed by atoms with Crippen molar-refractivity contribution in [1.82, 2.24) is 15.3 Å². The van der Waals surface area contributed by atoms with Gasteiger partial charge in [0.2, 0.25) is 0 Å². The first kappa shape index (κ1) is 14.1. The second-order valence-electron chi connectivity index (χ2n) is 5.68. The maximum absolute atomic E-state index is 5.99. The number of aromatic nitrogens is 2. The summed E-state index contributed by atoms with van der Waals surface area (Å²) in [5, 5.41) is 4.19. The molecule has 0 radical (unpaired) electrons. The molecule has 4 heteroatoms. The topological polar surface area (TPSA) is 40.7 Å². The average Bonchev–Trinajstić information content (AvgIpc) is 2.76. The molecular weight excluding hydrogens is 258 g/mol. The van der Waals surface area contributed by atoms with E-state index in [1.807, 2.05) is 30.5 Å². The van der Waals surface area contributed by atoms with E-state index >= 15 is 0 Å². The summed E-state index contributed by atoms with van der Waals surface area (Å²) >= 11 is 5.99. The predicted octanol–water partition coefficient (Wildman–Crippen LogP) is 3.66. The van der Waals surface area contributed by atoms with Gasteiger partial charge in [0, 0.05) is 29.1 Å². The Labute approximate surface area is 119 Å². The van der Waals surface area contributed by atoms with Gasteiger partial charge in [-0.05, 0) is 32.9 Å². The minimum atomic E-state index is 0.141. The standard InChI is InChI=1S/C15H20ClN3/c1-15(2,3)18-8-7-14-17-10-13(19-14)11-5-4-6-12(16)9-11/h4-6,9-10,18H,7-8H2,1-3H3,(H,17,19). The third-order valence-electron chi connectivity index (χ3n) is 2.78. The molecule has 0 aliphatic carbocycles. The molecule has 0 bridgehead atoms. The Morgan fingerprint density at radius 3 is 2.79 bits per heavy atom. The Kier molecular flexibility index (Phi) is 4.27. The average molecular weight is 278 g/mol. The number of aromatic amines is 1. The molecule has 1 heterocycles. The van der Waals surface area contributed by atoms with Gasteiger partial charge in [0.05, 0.1) is 11.9 Å². The molecule has 0 amide bonds. The molecule has 2 N–H and O–H groups in total. The van der Waals surface area contributed by atoms with E-state index in [1.165, 1.54) is 0 Å². The van der Waals surface area contributed by atoms with E-state index < -0.39 is 0 Å². The smallest absolute Gasteiger partial charge is 0.107 e. The number of nitrogens with zero attached hydrogens (tertiary/aromatic N) is 1. The van der Waals surface area contributed by atoms with Crippen LogP contribution < -0.4 is 5.32 Å². The van der Waals surface area contributed by atoms with E-state index in [-0.39, 0.29) is 5.54 Å². The summed E-state index contributed by atoms with van der Waals surface area (Å²) in [5.41, 5.74) is 2.21. The zero-order valence-corrected chi connectivity index (χ0v) is 12.4. The molecule has 0 fully saturated rings. The van der Waals surface area contributed by atoms with E-state index in [9.17, 15) is 0 Å². The zero-order valence-electron chi connectivity index (χ0n) is 11.6. The lowest BCUT2D eigenvalue weighted by atomic mass is 10.1. The van der Waals surface area contributed by atoms with Crippen molar-refractivity contribution in [1.29, 1.82) is 0 Å². The van der Waals surface area contributed by atoms with Crippen molar-refractivity contribution >= 4 is 11.6 Å². The number of halogens is 1. The Balaban J connectivity index is 1.99. The van der Waals surface area contributed by atoms with Crippen LogP contribution in [0.3, 0.4) is 0 Å². The molecule has 102 valence electrons. The Hall–Kier alpha value is -1.32. The molecule has 0 spiro atoms. The molecule has 0 unspecified atom stereocenters. The lowest BCUT2D eigenvalue weighted by molar-refractivity contribution is 0.427. The second-order valence-corrected chi connectivity index (χ2v) is 6.12. The molecule has 2 rings (SSSR count). The molecule has 1 aromatic heterocycles. The zero-order chi connectivity index (χ0) is 13.9. The van der Waals surface area contributed by atoms with Crippen molar-refractivity contribution < 1.29 is 0 Å². The van der Waals surface area contributed by atoms with Crippen molar-refractivity contribution in [2.45, 2.75) is 32.7 Å². The number of rotatable bonds is 4. The fourth-order valence-electron chi connectivity index (χ4n) is 1.85. The van der Waals surface area contributed by atoms with Gasteiger partial charge in [-0.3, -0.25) is 0 Å². The third kappa shape index (κ3) is 4.37. The number of nitrogens with one attached hydrogen (secondary N) is 2. The van der Waals surface area contributed by atoms with Crippen molar-refractivity contribution in [3.05, 3.63) is 41.3 Å². The van der Waals surface area contributed by atoms with Gasteiger partial charge in [-0.25, -0.2) is 4.98 Å². The summed E-state index contributed by atoms with van der Waals surface area (Å²) in [5.74, 6) is 0.992. The SMILES string of the molecule is CC(C)(C)NCCc1ncc(-c2cccc(Cl)c2)[nH]1. The van der Waals surface area contributed by atoms with Crippen LogP contribution in [0.25, 0.3) is 11.3 Å². The van der Waals surface area contributed by atoms with Crippen molar-refractivity contribution in [2.75, 3.05) is 6.54 Å². The van der Waals surface area contributed by atoms with E-state index in [2.05, 4.69) is 36.1 Å². The summed E-state index contributed by atoms with van der Waals surface area (Å²) in [4.78, 5) is 7.74. The van der Waals surface area contributed by atoms with Crippen LogP contribution in [0.2, 0.25) is 5.02 Å². The van der Waals surface area contributed by atoms with E-state index in [0.29, 0.717) is 0 Å². The van der Waals surface area contributed by atoms with Gasteiger partial charge in [0.25, 0.3) is 0 Å². The summed E-state index contributed by atoms with van der Waals surface area (Å²) in [6.07, 6.45) is 2.75. The highest BCUT2D eigenvalue weighted by Gasteiger charge is 2.09. The maximum atomic E-state index is 5.99. The fourth-order valence-corrected chi connectivity index (χ4v) is 2.04. The maximum Gasteiger partial charge on any atom is 0.107 e. The molecule has 0 saturated carbocycles. The van der Waals surface area contributed by atoms with Crippen molar-refractivity contribution in [3.63, 3.8) is 0 Å². The van der Waals surface area contributed by atoms with Crippen molar-refractivity contribution in [3.8, 4) is 11.3 Å². The summed E-state index contributed by atoms with van der Waals surface area (Å²) in [6.45, 7) is 7.39. The normalized spacial score (nSPS) is 11.8. The van der Waals surface area contributed by atoms with Crippen LogP contribution in [0.4, 0.5) is 0 Å². The summed E-state index contributed by atoms with van der Waals surface area (Å²) < 4.78 is 0. The number of benzene rings is 1. The van der Waals surface area contributed by atoms with Gasteiger partial charge in [-0.15, -0.1) is 0 Å². The number of hydrogen-bond acceptors (Lipinski definition) is 2. The molecular formula is C15H20ClN3. The quantitative estimate of drug-likeness (QED) is 0.895. The third-order valence-corrected chi connectivity index (χ3v) is 3.02. The molecule has 0 aliphatic heterocycles. The highest BCUT2D eigenvalue weighted by molar-refractivity contribution is 6.30. The largest absolute Gasteiger partial charge is 0.342 e. The fraction of sp³-hybridized carbons (Fsp3) is 0.400. The number of hydrogen-bond donors (Lipinski definition) is 2. The van der Waals surface area contributed by atoms with Gasteiger partial charge < -0.3 is 10.3 Å². The van der Waals surface area contributed by atoms with E-state index in [0.717, 1.165) is 35.1 Å². The van der Waals surface area contributed by atoms with E-state index in [1.54, 1.807) is 0 Å². The van der Waals surface area contributed by atoms with Gasteiger partial charge >= 0.3 is 0 Å². The molecule has 1 aromatic carbocycles. The number of H-pyrrole nitrogens is 1. The summed E-state index contributed by atoms with van der Waals surface area (Å²) in [7, 11) is 0. The second kappa shape index (κ2) is 5.76. The highest BCUT2D eigenvalue weighted by Crippen LogP contribution is 2.20. The molecule has 0 aliphatic rings. The van der Waals surface area contributed by atoms with Gasteiger partial charge in [-0.1, -0.05) is 23.7 Å². The molecule has 3 nitrogen and oxygen atoms in total. The molecule has 0 atom stereocenters. The Bertz CT molecular complexity index is 540. The number of imidazole rings is 1. The van der Waals surface area contributed by atoms with Gasteiger partial charge in [-0.2, -0.15) is 0 Å². The molecule has 0 saturated heterocycles. The highest BCUT2D eigenvalue weighted by atomic mass is 35.5. The van der Waals surface area contributed by atoms with Crippen LogP contribution in [0.15, 0.2) is 30.5 Å². The van der Waals surface area contributed by atoms with Crippen LogP contribution in [-0.2, 0) is 6.42 Å². The minimum Gasteiger partial charge on any atom is -0.342 e. The predicted molar refractivity (Wildman–Crippen MR) is 80.5 cm³/mol. The first-order valence-corrected chi connectivity index (χ1v) is 6.87. The monoisotopic (exact) mass is 277 g/mol. The van der Waals surface area contributed by atoms with E-state index in [4.69, 9.17) is 11.6 Å². The Morgan fingerprint density at radius 2 is 2.11 bits per heavy atom. The summed E-state index contributed by atoms with van der Waals surface area (Å²) in [6, 6.07) is 7.78. The van der Waals surface area contributed by atoms with Crippen LogP contribution >= 0.6 is 11.6 Å². The van der Waals surface area contributed by atoms with Crippen LogP contribution in [0, 0.1) is 0 Å². The lowest BCUT2D eigenvalue weighted by Crippen LogP contribution is -2.37. The van der Waals surface area contributed by atoms with Gasteiger partial charge in [0.1, 0.15) is 5.82 Å². The Morgan fingerprint density at radius 1 is 1.32 bits per heavy atom.